The SMILES string of the molecule is Cc1ccc(C(=O)N(Cc2ccc(C(=O)NCc3ccc4c(c3)OCO4)cc2)C2CCN(CCC(C)C)CC2)nc1. The number of amides is 2. The highest BCUT2D eigenvalue weighted by Crippen LogP contribution is 2.32. The van der Waals surface area contributed by atoms with Crippen LogP contribution in [0.15, 0.2) is 60.8 Å². The largest absolute Gasteiger partial charge is 0.454 e. The Kier molecular flexibility index (Phi) is 9.19. The summed E-state index contributed by atoms with van der Waals surface area (Å²) in [5, 5.41) is 2.97. The molecule has 216 valence electrons. The van der Waals surface area contributed by atoms with E-state index in [1.807, 2.05) is 66.4 Å². The fourth-order valence-electron chi connectivity index (χ4n) is 5.30. The highest BCUT2D eigenvalue weighted by atomic mass is 16.7. The van der Waals surface area contributed by atoms with Crippen LogP contribution in [0.2, 0.25) is 0 Å². The third-order valence-electron chi connectivity index (χ3n) is 7.87. The van der Waals surface area contributed by atoms with Crippen molar-refractivity contribution in [1.82, 2.24) is 20.1 Å². The van der Waals surface area contributed by atoms with Crippen LogP contribution in [0.4, 0.5) is 0 Å². The molecule has 2 aliphatic heterocycles. The number of piperidine rings is 1. The van der Waals surface area contributed by atoms with Gasteiger partial charge in [-0.05, 0) is 85.7 Å². The maximum Gasteiger partial charge on any atom is 0.272 e. The van der Waals surface area contributed by atoms with E-state index < -0.39 is 0 Å². The summed E-state index contributed by atoms with van der Waals surface area (Å²) in [6.07, 6.45) is 4.82. The van der Waals surface area contributed by atoms with Crippen molar-refractivity contribution in [2.45, 2.75) is 59.2 Å². The number of nitrogens with zero attached hydrogens (tertiary/aromatic N) is 3. The van der Waals surface area contributed by atoms with Crippen LogP contribution >= 0.6 is 0 Å². The Morgan fingerprint density at radius 3 is 2.44 bits per heavy atom. The lowest BCUT2D eigenvalue weighted by Crippen LogP contribution is -2.47. The fraction of sp³-hybridized carbons (Fsp3) is 0.424. The molecule has 0 aliphatic carbocycles. The van der Waals surface area contributed by atoms with Crippen LogP contribution in [0.1, 0.15) is 70.6 Å². The predicted octanol–water partition coefficient (Wildman–Crippen LogP) is 5.20. The zero-order valence-corrected chi connectivity index (χ0v) is 24.3. The maximum absolute atomic E-state index is 13.7. The van der Waals surface area contributed by atoms with E-state index in [0.717, 1.165) is 54.9 Å². The molecule has 2 aliphatic rings. The van der Waals surface area contributed by atoms with E-state index in [9.17, 15) is 9.59 Å². The second-order valence-electron chi connectivity index (χ2n) is 11.5. The monoisotopic (exact) mass is 556 g/mol. The highest BCUT2D eigenvalue weighted by Gasteiger charge is 2.29. The predicted molar refractivity (Wildman–Crippen MR) is 158 cm³/mol. The van der Waals surface area contributed by atoms with Crippen LogP contribution in [0.5, 0.6) is 11.5 Å². The Balaban J connectivity index is 1.23. The van der Waals surface area contributed by atoms with Crippen molar-refractivity contribution >= 4 is 11.8 Å². The molecule has 1 N–H and O–H groups in total. The van der Waals surface area contributed by atoms with Crippen LogP contribution in [0.3, 0.4) is 0 Å². The molecular formula is C33H40N4O4. The molecule has 41 heavy (non-hydrogen) atoms. The van der Waals surface area contributed by atoms with Gasteiger partial charge in [0, 0.05) is 44.0 Å². The number of carbonyl (C=O) groups is 2. The van der Waals surface area contributed by atoms with Gasteiger partial charge in [0.1, 0.15) is 5.69 Å². The normalized spacial score (nSPS) is 15.2. The van der Waals surface area contributed by atoms with Gasteiger partial charge in [-0.3, -0.25) is 14.6 Å². The Morgan fingerprint density at radius 1 is 1.00 bits per heavy atom. The van der Waals surface area contributed by atoms with E-state index in [-0.39, 0.29) is 24.6 Å². The van der Waals surface area contributed by atoms with Crippen molar-refractivity contribution in [2.75, 3.05) is 26.4 Å². The molecule has 0 radical (unpaired) electrons. The minimum Gasteiger partial charge on any atom is -0.454 e. The molecule has 2 aromatic carbocycles. The fourth-order valence-corrected chi connectivity index (χ4v) is 5.30. The summed E-state index contributed by atoms with van der Waals surface area (Å²) in [5.74, 6) is 1.91. The van der Waals surface area contributed by atoms with Gasteiger partial charge in [0.15, 0.2) is 11.5 Å². The van der Waals surface area contributed by atoms with E-state index in [4.69, 9.17) is 9.47 Å². The van der Waals surface area contributed by atoms with Crippen molar-refractivity contribution in [1.29, 1.82) is 0 Å². The summed E-state index contributed by atoms with van der Waals surface area (Å²) >= 11 is 0. The standard InChI is InChI=1S/C33H40N4O4/c1-23(2)12-15-36-16-13-28(14-17-36)37(33(39)29-10-4-24(3)19-34-29)21-25-5-8-27(9-6-25)32(38)35-20-26-7-11-30-31(18-26)41-22-40-30/h4-11,18-19,23,28H,12-17,20-22H2,1-3H3,(H,35,38). The quantitative estimate of drug-likeness (QED) is 0.370. The molecule has 2 amide bonds. The molecule has 0 spiro atoms. The third kappa shape index (κ3) is 7.44. The van der Waals surface area contributed by atoms with Gasteiger partial charge in [-0.1, -0.05) is 38.1 Å². The van der Waals surface area contributed by atoms with Crippen molar-refractivity contribution in [3.8, 4) is 11.5 Å². The maximum atomic E-state index is 13.7. The van der Waals surface area contributed by atoms with Gasteiger partial charge in [0.05, 0.1) is 0 Å². The lowest BCUT2D eigenvalue weighted by molar-refractivity contribution is 0.0540. The second-order valence-corrected chi connectivity index (χ2v) is 11.5. The van der Waals surface area contributed by atoms with Crippen molar-refractivity contribution in [3.05, 3.63) is 88.7 Å². The van der Waals surface area contributed by atoms with Gasteiger partial charge >= 0.3 is 0 Å². The minimum absolute atomic E-state index is 0.0452. The molecule has 0 atom stereocenters. The first kappa shape index (κ1) is 28.6. The molecule has 0 bridgehead atoms. The van der Waals surface area contributed by atoms with Gasteiger partial charge in [-0.2, -0.15) is 0 Å². The Bertz CT molecular complexity index is 1330. The number of nitrogens with one attached hydrogen (secondary N) is 1. The zero-order valence-electron chi connectivity index (χ0n) is 24.3. The molecule has 5 rings (SSSR count). The lowest BCUT2D eigenvalue weighted by Gasteiger charge is -2.38. The molecule has 3 aromatic rings. The zero-order chi connectivity index (χ0) is 28.8. The number of ether oxygens (including phenoxy) is 2. The van der Waals surface area contributed by atoms with Crippen LogP contribution in [0, 0.1) is 12.8 Å². The first-order valence-electron chi connectivity index (χ1n) is 14.6. The molecule has 1 aromatic heterocycles. The summed E-state index contributed by atoms with van der Waals surface area (Å²) in [6, 6.07) is 17.1. The average molecular weight is 557 g/mol. The highest BCUT2D eigenvalue weighted by molar-refractivity contribution is 5.94. The number of rotatable bonds is 10. The van der Waals surface area contributed by atoms with Crippen LogP contribution < -0.4 is 14.8 Å². The summed E-state index contributed by atoms with van der Waals surface area (Å²) in [6.45, 7) is 10.7. The summed E-state index contributed by atoms with van der Waals surface area (Å²) < 4.78 is 10.8. The molecular weight excluding hydrogens is 516 g/mol. The number of benzene rings is 2. The molecule has 3 heterocycles. The summed E-state index contributed by atoms with van der Waals surface area (Å²) in [5.41, 5.74) is 4.00. The molecule has 8 nitrogen and oxygen atoms in total. The third-order valence-corrected chi connectivity index (χ3v) is 7.87. The van der Waals surface area contributed by atoms with E-state index in [2.05, 4.69) is 29.0 Å². The number of carbonyl (C=O) groups excluding carboxylic acids is 2. The smallest absolute Gasteiger partial charge is 0.272 e. The Labute approximate surface area is 242 Å². The van der Waals surface area contributed by atoms with Gasteiger partial charge < -0.3 is 24.6 Å². The van der Waals surface area contributed by atoms with E-state index >= 15 is 0 Å². The van der Waals surface area contributed by atoms with E-state index in [0.29, 0.717) is 36.0 Å². The first-order chi connectivity index (χ1) is 19.9. The second kappa shape index (κ2) is 13.2. The molecule has 0 saturated carbocycles. The number of hydrogen-bond acceptors (Lipinski definition) is 6. The van der Waals surface area contributed by atoms with Crippen molar-refractivity contribution < 1.29 is 19.1 Å². The van der Waals surface area contributed by atoms with Crippen LogP contribution in [0.25, 0.3) is 0 Å². The number of aromatic nitrogens is 1. The number of fused-ring (bicyclic) bond motifs is 1. The topological polar surface area (TPSA) is 84.0 Å². The average Bonchev–Trinajstić information content (AvgIpc) is 3.46. The number of aryl methyl sites for hydroxylation is 1. The number of hydrogen-bond donors (Lipinski definition) is 1. The lowest BCUT2D eigenvalue weighted by atomic mass is 10.00. The molecule has 8 heteroatoms. The van der Waals surface area contributed by atoms with E-state index in [1.165, 1.54) is 6.42 Å². The number of pyridine rings is 1. The van der Waals surface area contributed by atoms with Gasteiger partial charge in [-0.15, -0.1) is 0 Å². The molecule has 1 fully saturated rings. The number of likely N-dealkylation sites (tertiary alicyclic amines) is 1. The summed E-state index contributed by atoms with van der Waals surface area (Å²) in [7, 11) is 0. The van der Waals surface area contributed by atoms with E-state index in [1.54, 1.807) is 6.20 Å². The first-order valence-corrected chi connectivity index (χ1v) is 14.6. The van der Waals surface area contributed by atoms with Gasteiger partial charge in [-0.25, -0.2) is 0 Å². The van der Waals surface area contributed by atoms with Crippen LogP contribution in [-0.4, -0.2) is 59.1 Å². The van der Waals surface area contributed by atoms with Gasteiger partial charge in [0.25, 0.3) is 11.8 Å². The van der Waals surface area contributed by atoms with Gasteiger partial charge in [0.2, 0.25) is 6.79 Å². The van der Waals surface area contributed by atoms with Crippen molar-refractivity contribution in [2.24, 2.45) is 5.92 Å². The van der Waals surface area contributed by atoms with Crippen molar-refractivity contribution in [3.63, 3.8) is 0 Å². The summed E-state index contributed by atoms with van der Waals surface area (Å²) in [4.78, 5) is 35.5. The van der Waals surface area contributed by atoms with Crippen LogP contribution in [-0.2, 0) is 13.1 Å². The molecule has 0 unspecified atom stereocenters. The molecule has 1 saturated heterocycles. The Hall–Kier alpha value is -3.91. The minimum atomic E-state index is -0.153. The Morgan fingerprint density at radius 2 is 1.73 bits per heavy atom.